The minimum Gasteiger partial charge on any atom is -0.352 e. The molecule has 3 nitrogen and oxygen atoms in total. The van der Waals surface area contributed by atoms with Gasteiger partial charge < -0.3 is 10.2 Å². The molecular formula is C9H16N2O. The highest BCUT2D eigenvalue weighted by atomic mass is 16.1. The molecule has 0 saturated carbocycles. The summed E-state index contributed by atoms with van der Waals surface area (Å²) < 4.78 is 0. The van der Waals surface area contributed by atoms with Crippen molar-refractivity contribution in [2.24, 2.45) is 5.92 Å². The summed E-state index contributed by atoms with van der Waals surface area (Å²) in [4.78, 5) is 13.3. The molecule has 0 aromatic rings. The summed E-state index contributed by atoms with van der Waals surface area (Å²) >= 11 is 0. The Morgan fingerprint density at radius 2 is 2.33 bits per heavy atom. The number of amides is 1. The van der Waals surface area contributed by atoms with E-state index in [4.69, 9.17) is 0 Å². The van der Waals surface area contributed by atoms with Gasteiger partial charge in [-0.1, -0.05) is 0 Å². The number of fused-ring (bicyclic) bond motifs is 2. The van der Waals surface area contributed by atoms with Gasteiger partial charge in [-0.25, -0.2) is 0 Å². The maximum atomic E-state index is 10.8. The molecule has 3 atom stereocenters. The van der Waals surface area contributed by atoms with Gasteiger partial charge in [0.25, 0.3) is 0 Å². The van der Waals surface area contributed by atoms with E-state index in [1.54, 1.807) is 6.92 Å². The second-order valence-electron chi connectivity index (χ2n) is 4.05. The standard InChI is InChI=1S/C9H16N2O/c1-7(12)10-9-4-8-2-3-11(5-8)6-9/h8-9H,2-6H2,1H3,(H,10,12)/t8?,9-/m0/s1. The number of carbonyl (C=O) groups excluding carboxylic acids is 1. The third kappa shape index (κ3) is 1.61. The Balaban J connectivity index is 1.89. The number of rotatable bonds is 1. The Bertz CT molecular complexity index is 181. The first kappa shape index (κ1) is 8.05. The Labute approximate surface area is 73.1 Å². The molecule has 2 aliphatic heterocycles. The van der Waals surface area contributed by atoms with Gasteiger partial charge in [0.2, 0.25) is 5.91 Å². The summed E-state index contributed by atoms with van der Waals surface area (Å²) in [5.74, 6) is 0.957. The molecule has 1 N–H and O–H groups in total. The zero-order valence-electron chi connectivity index (χ0n) is 7.55. The predicted molar refractivity (Wildman–Crippen MR) is 46.8 cm³/mol. The van der Waals surface area contributed by atoms with Crippen molar-refractivity contribution in [2.45, 2.75) is 25.8 Å². The van der Waals surface area contributed by atoms with E-state index in [0.717, 1.165) is 12.5 Å². The van der Waals surface area contributed by atoms with Crippen LogP contribution in [-0.2, 0) is 4.79 Å². The molecule has 0 aromatic carbocycles. The minimum atomic E-state index is 0.113. The maximum absolute atomic E-state index is 10.8. The van der Waals surface area contributed by atoms with Crippen LogP contribution in [0.2, 0.25) is 0 Å². The lowest BCUT2D eigenvalue weighted by molar-refractivity contribution is -0.120. The van der Waals surface area contributed by atoms with Gasteiger partial charge in [-0.3, -0.25) is 4.79 Å². The molecule has 2 saturated heterocycles. The van der Waals surface area contributed by atoms with Gasteiger partial charge in [0, 0.05) is 26.1 Å². The van der Waals surface area contributed by atoms with Crippen molar-refractivity contribution in [3.63, 3.8) is 0 Å². The van der Waals surface area contributed by atoms with Gasteiger partial charge in [0.05, 0.1) is 0 Å². The fraction of sp³-hybridized carbons (Fsp3) is 0.889. The predicted octanol–water partition coefficient (Wildman–Crippen LogP) is 0.217. The molecule has 12 heavy (non-hydrogen) atoms. The highest BCUT2D eigenvalue weighted by Gasteiger charge is 2.32. The van der Waals surface area contributed by atoms with Crippen LogP contribution in [0.5, 0.6) is 0 Å². The van der Waals surface area contributed by atoms with Gasteiger partial charge in [0.1, 0.15) is 0 Å². The molecule has 68 valence electrons. The lowest BCUT2D eigenvalue weighted by atomic mass is 9.97. The second-order valence-corrected chi connectivity index (χ2v) is 4.05. The van der Waals surface area contributed by atoms with Crippen LogP contribution in [0.1, 0.15) is 19.8 Å². The summed E-state index contributed by atoms with van der Waals surface area (Å²) in [6.45, 7) is 5.17. The van der Waals surface area contributed by atoms with Crippen LogP contribution in [0.15, 0.2) is 0 Å². The van der Waals surface area contributed by atoms with Crippen LogP contribution in [-0.4, -0.2) is 36.5 Å². The van der Waals surface area contributed by atoms with Crippen molar-refractivity contribution < 1.29 is 4.79 Å². The van der Waals surface area contributed by atoms with E-state index >= 15 is 0 Å². The van der Waals surface area contributed by atoms with E-state index in [1.807, 2.05) is 0 Å². The van der Waals surface area contributed by atoms with E-state index in [1.165, 1.54) is 25.9 Å². The molecular weight excluding hydrogens is 152 g/mol. The number of hydrogen-bond donors (Lipinski definition) is 1. The van der Waals surface area contributed by atoms with Crippen LogP contribution in [0, 0.1) is 5.92 Å². The summed E-state index contributed by atoms with van der Waals surface area (Å²) in [5.41, 5.74) is 0. The van der Waals surface area contributed by atoms with Crippen molar-refractivity contribution >= 4 is 5.91 Å². The Kier molecular flexibility index (Phi) is 2.05. The molecule has 0 spiro atoms. The fourth-order valence-electron chi connectivity index (χ4n) is 2.45. The quantitative estimate of drug-likeness (QED) is 0.607. The Morgan fingerprint density at radius 3 is 3.00 bits per heavy atom. The normalized spacial score (nSPS) is 39.6. The minimum absolute atomic E-state index is 0.113. The van der Waals surface area contributed by atoms with Gasteiger partial charge in [-0.05, 0) is 25.3 Å². The molecule has 2 aliphatic rings. The molecule has 3 heteroatoms. The van der Waals surface area contributed by atoms with Gasteiger partial charge in [-0.2, -0.15) is 0 Å². The Hall–Kier alpha value is -0.570. The van der Waals surface area contributed by atoms with E-state index in [2.05, 4.69) is 10.2 Å². The number of nitrogens with zero attached hydrogens (tertiary/aromatic N) is 1. The van der Waals surface area contributed by atoms with E-state index in [-0.39, 0.29) is 5.91 Å². The zero-order chi connectivity index (χ0) is 8.55. The fourth-order valence-corrected chi connectivity index (χ4v) is 2.45. The SMILES string of the molecule is CC(=O)N[C@H]1CC2CCN(C2)C1. The second kappa shape index (κ2) is 3.05. The van der Waals surface area contributed by atoms with Gasteiger partial charge >= 0.3 is 0 Å². The summed E-state index contributed by atoms with van der Waals surface area (Å²) in [7, 11) is 0. The zero-order valence-corrected chi connectivity index (χ0v) is 7.55. The first-order valence-electron chi connectivity index (χ1n) is 4.73. The van der Waals surface area contributed by atoms with Gasteiger partial charge in [-0.15, -0.1) is 0 Å². The molecule has 0 radical (unpaired) electrons. The van der Waals surface area contributed by atoms with Crippen LogP contribution in [0.25, 0.3) is 0 Å². The molecule has 0 aromatic heterocycles. The average Bonchev–Trinajstić information content (AvgIpc) is 2.29. The van der Waals surface area contributed by atoms with Crippen molar-refractivity contribution in [1.82, 2.24) is 10.2 Å². The lowest BCUT2D eigenvalue weighted by Crippen LogP contribution is -2.46. The van der Waals surface area contributed by atoms with Crippen LogP contribution >= 0.6 is 0 Å². The van der Waals surface area contributed by atoms with Crippen molar-refractivity contribution in [3.8, 4) is 0 Å². The average molecular weight is 168 g/mol. The Morgan fingerprint density at radius 1 is 1.50 bits per heavy atom. The largest absolute Gasteiger partial charge is 0.352 e. The molecule has 2 bridgehead atoms. The highest BCUT2D eigenvalue weighted by Crippen LogP contribution is 2.26. The van der Waals surface area contributed by atoms with Crippen molar-refractivity contribution in [3.05, 3.63) is 0 Å². The van der Waals surface area contributed by atoms with E-state index < -0.39 is 0 Å². The summed E-state index contributed by atoms with van der Waals surface area (Å²) in [6.07, 6.45) is 2.52. The van der Waals surface area contributed by atoms with Crippen LogP contribution in [0.3, 0.4) is 0 Å². The first-order valence-corrected chi connectivity index (χ1v) is 4.73. The lowest BCUT2D eigenvalue weighted by Gasteiger charge is -2.30. The first-order chi connectivity index (χ1) is 5.74. The smallest absolute Gasteiger partial charge is 0.217 e. The van der Waals surface area contributed by atoms with E-state index in [9.17, 15) is 4.79 Å². The van der Waals surface area contributed by atoms with Crippen molar-refractivity contribution in [2.75, 3.05) is 19.6 Å². The summed E-state index contributed by atoms with van der Waals surface area (Å²) in [6, 6.07) is 0.420. The third-order valence-electron chi connectivity index (χ3n) is 2.87. The van der Waals surface area contributed by atoms with Gasteiger partial charge in [0.15, 0.2) is 0 Å². The van der Waals surface area contributed by atoms with Crippen molar-refractivity contribution in [1.29, 1.82) is 0 Å². The summed E-state index contributed by atoms with van der Waals surface area (Å²) in [5, 5.41) is 3.00. The van der Waals surface area contributed by atoms with Crippen LogP contribution in [0.4, 0.5) is 0 Å². The number of hydrogen-bond acceptors (Lipinski definition) is 2. The number of carbonyl (C=O) groups is 1. The number of piperidine rings is 1. The van der Waals surface area contributed by atoms with Crippen LogP contribution < -0.4 is 5.32 Å². The number of nitrogens with one attached hydrogen (secondary N) is 1. The third-order valence-corrected chi connectivity index (χ3v) is 2.87. The monoisotopic (exact) mass is 168 g/mol. The molecule has 2 rings (SSSR count). The topological polar surface area (TPSA) is 32.3 Å². The molecule has 2 unspecified atom stereocenters. The molecule has 0 aliphatic carbocycles. The molecule has 2 heterocycles. The van der Waals surface area contributed by atoms with E-state index in [0.29, 0.717) is 6.04 Å². The molecule has 1 amide bonds. The molecule has 2 fully saturated rings. The maximum Gasteiger partial charge on any atom is 0.217 e. The highest BCUT2D eigenvalue weighted by molar-refractivity contribution is 5.73.